The summed E-state index contributed by atoms with van der Waals surface area (Å²) in [7, 11) is 0. The van der Waals surface area contributed by atoms with Crippen molar-refractivity contribution in [2.75, 3.05) is 39.5 Å². The van der Waals surface area contributed by atoms with E-state index in [-0.39, 0.29) is 6.61 Å². The number of hydrogen-bond donors (Lipinski definition) is 2. The molecule has 0 spiro atoms. The summed E-state index contributed by atoms with van der Waals surface area (Å²) in [4.78, 5) is 0. The summed E-state index contributed by atoms with van der Waals surface area (Å²) in [5, 5.41) is 8.65. The van der Waals surface area contributed by atoms with Crippen molar-refractivity contribution in [1.82, 2.24) is 0 Å². The lowest BCUT2D eigenvalue weighted by atomic mass is 10.4. The normalized spacial score (nSPS) is 24.6. The summed E-state index contributed by atoms with van der Waals surface area (Å²) in [6.07, 6.45) is 0. The minimum absolute atomic E-state index is 0.163. The van der Waals surface area contributed by atoms with Crippen LogP contribution < -0.4 is 5.84 Å². The number of ether oxygens (including phenoxy) is 1. The molecule has 1 fully saturated rings. The lowest BCUT2D eigenvalue weighted by Gasteiger charge is -2.35. The molecule has 0 bridgehead atoms. The fourth-order valence-electron chi connectivity index (χ4n) is 1.13. The van der Waals surface area contributed by atoms with Gasteiger partial charge in [-0.05, 0) is 0 Å². The van der Waals surface area contributed by atoms with Crippen LogP contribution in [0.15, 0.2) is 0 Å². The summed E-state index contributed by atoms with van der Waals surface area (Å²) in [5.74, 6) is 5.87. The van der Waals surface area contributed by atoms with Gasteiger partial charge in [0.05, 0.1) is 19.8 Å². The maximum absolute atomic E-state index is 8.65. The molecule has 0 aromatic carbocycles. The maximum atomic E-state index is 8.65. The van der Waals surface area contributed by atoms with Gasteiger partial charge in [0.25, 0.3) is 0 Å². The molecule has 60 valence electrons. The first-order valence-electron chi connectivity index (χ1n) is 3.60. The Bertz CT molecular complexity index is 96.4. The third-order valence-corrected chi connectivity index (χ3v) is 1.91. The third kappa shape index (κ3) is 1.91. The smallest absolute Gasteiger partial charge is 0.120 e. The number of morpholine rings is 1. The zero-order valence-electron chi connectivity index (χ0n) is 6.12. The van der Waals surface area contributed by atoms with Crippen LogP contribution in [0.4, 0.5) is 0 Å². The van der Waals surface area contributed by atoms with E-state index in [2.05, 4.69) is 0 Å². The van der Waals surface area contributed by atoms with Gasteiger partial charge in [-0.15, -0.1) is 0 Å². The van der Waals surface area contributed by atoms with Gasteiger partial charge in [-0.25, -0.2) is 4.59 Å². The number of quaternary nitrogens is 1. The summed E-state index contributed by atoms with van der Waals surface area (Å²) in [6, 6.07) is 0. The predicted octanol–water partition coefficient (Wildman–Crippen LogP) is -1.30. The fourth-order valence-corrected chi connectivity index (χ4v) is 1.13. The average Bonchev–Trinajstić information content (AvgIpc) is 1.89. The van der Waals surface area contributed by atoms with Crippen LogP contribution in [-0.2, 0) is 4.74 Å². The SMILES string of the molecule is N[N+]1(CCO)CCOCC1. The predicted molar refractivity (Wildman–Crippen MR) is 37.0 cm³/mol. The van der Waals surface area contributed by atoms with Crippen molar-refractivity contribution in [1.29, 1.82) is 0 Å². The number of aliphatic hydroxyl groups is 1. The molecular weight excluding hydrogens is 132 g/mol. The standard InChI is InChI=1S/C6H15N2O2/c7-8(1-4-9)2-5-10-6-3-8/h9H,1-7H2/q+1. The largest absolute Gasteiger partial charge is 0.390 e. The highest BCUT2D eigenvalue weighted by molar-refractivity contribution is 4.44. The first-order chi connectivity index (χ1) is 4.77. The third-order valence-electron chi connectivity index (χ3n) is 1.91. The van der Waals surface area contributed by atoms with Crippen molar-refractivity contribution in [3.05, 3.63) is 0 Å². The molecule has 0 radical (unpaired) electrons. The second-order valence-electron chi connectivity index (χ2n) is 2.73. The Morgan fingerprint density at radius 3 is 2.50 bits per heavy atom. The van der Waals surface area contributed by atoms with E-state index in [4.69, 9.17) is 15.7 Å². The Hall–Kier alpha value is -0.160. The molecule has 4 nitrogen and oxygen atoms in total. The second-order valence-corrected chi connectivity index (χ2v) is 2.73. The van der Waals surface area contributed by atoms with Gasteiger partial charge in [-0.1, -0.05) is 0 Å². The van der Waals surface area contributed by atoms with Gasteiger partial charge in [-0.2, -0.15) is 5.84 Å². The van der Waals surface area contributed by atoms with E-state index in [1.807, 2.05) is 0 Å². The van der Waals surface area contributed by atoms with Crippen LogP contribution in [0.3, 0.4) is 0 Å². The molecule has 10 heavy (non-hydrogen) atoms. The van der Waals surface area contributed by atoms with Gasteiger partial charge in [0, 0.05) is 0 Å². The zero-order chi connectivity index (χ0) is 7.45. The molecule has 4 heteroatoms. The van der Waals surface area contributed by atoms with Gasteiger partial charge in [0.2, 0.25) is 0 Å². The van der Waals surface area contributed by atoms with Gasteiger partial charge < -0.3 is 9.84 Å². The molecule has 0 aromatic heterocycles. The lowest BCUT2D eigenvalue weighted by Crippen LogP contribution is -2.61. The van der Waals surface area contributed by atoms with Crippen molar-refractivity contribution < 1.29 is 14.4 Å². The highest BCUT2D eigenvalue weighted by Gasteiger charge is 2.25. The van der Waals surface area contributed by atoms with E-state index in [9.17, 15) is 0 Å². The quantitative estimate of drug-likeness (QED) is 0.377. The molecule has 0 atom stereocenters. The molecule has 1 aliphatic heterocycles. The van der Waals surface area contributed by atoms with E-state index >= 15 is 0 Å². The Morgan fingerprint density at radius 1 is 1.40 bits per heavy atom. The second kappa shape index (κ2) is 3.30. The van der Waals surface area contributed by atoms with Crippen molar-refractivity contribution in [3.8, 4) is 0 Å². The van der Waals surface area contributed by atoms with Crippen LogP contribution in [0.25, 0.3) is 0 Å². The minimum Gasteiger partial charge on any atom is -0.390 e. The van der Waals surface area contributed by atoms with E-state index in [1.165, 1.54) is 0 Å². The van der Waals surface area contributed by atoms with Gasteiger partial charge in [-0.3, -0.25) is 0 Å². The van der Waals surface area contributed by atoms with Gasteiger partial charge in [0.1, 0.15) is 19.6 Å². The van der Waals surface area contributed by atoms with Crippen molar-refractivity contribution >= 4 is 0 Å². The van der Waals surface area contributed by atoms with Crippen molar-refractivity contribution in [2.24, 2.45) is 5.84 Å². The molecule has 0 saturated carbocycles. The number of rotatable bonds is 2. The first kappa shape index (κ1) is 7.94. The zero-order valence-corrected chi connectivity index (χ0v) is 6.12. The highest BCUT2D eigenvalue weighted by atomic mass is 16.5. The summed E-state index contributed by atoms with van der Waals surface area (Å²) >= 11 is 0. The first-order valence-corrected chi connectivity index (χ1v) is 3.60. The topological polar surface area (TPSA) is 55.5 Å². The Kier molecular flexibility index (Phi) is 2.62. The monoisotopic (exact) mass is 147 g/mol. The molecule has 1 rings (SSSR count). The van der Waals surface area contributed by atoms with Gasteiger partial charge in [0.15, 0.2) is 0 Å². The molecule has 0 aliphatic carbocycles. The summed E-state index contributed by atoms with van der Waals surface area (Å²) in [5.41, 5.74) is 0. The Morgan fingerprint density at radius 2 is 2.00 bits per heavy atom. The van der Waals surface area contributed by atoms with Crippen LogP contribution in [0.1, 0.15) is 0 Å². The molecule has 0 amide bonds. The summed E-state index contributed by atoms with van der Waals surface area (Å²) in [6.45, 7) is 3.88. The van der Waals surface area contributed by atoms with Crippen LogP contribution >= 0.6 is 0 Å². The van der Waals surface area contributed by atoms with Crippen molar-refractivity contribution in [2.45, 2.75) is 0 Å². The van der Waals surface area contributed by atoms with Crippen LogP contribution in [-0.4, -0.2) is 49.2 Å². The Balaban J connectivity index is 2.32. The Labute approximate surface area is 60.7 Å². The summed E-state index contributed by atoms with van der Waals surface area (Å²) < 4.78 is 5.60. The molecule has 1 aliphatic rings. The number of hydrogen-bond acceptors (Lipinski definition) is 3. The minimum atomic E-state index is 0.163. The van der Waals surface area contributed by atoms with Crippen molar-refractivity contribution in [3.63, 3.8) is 0 Å². The number of nitrogens with zero attached hydrogens (tertiary/aromatic N) is 1. The maximum Gasteiger partial charge on any atom is 0.120 e. The van der Waals surface area contributed by atoms with E-state index in [0.717, 1.165) is 26.3 Å². The molecule has 0 aromatic rings. The van der Waals surface area contributed by atoms with Crippen LogP contribution in [0.2, 0.25) is 0 Å². The van der Waals surface area contributed by atoms with E-state index in [1.54, 1.807) is 0 Å². The average molecular weight is 147 g/mol. The van der Waals surface area contributed by atoms with Crippen LogP contribution in [0, 0.1) is 0 Å². The number of nitrogens with two attached hydrogens (primary N) is 1. The fraction of sp³-hybridized carbons (Fsp3) is 1.00. The van der Waals surface area contributed by atoms with Crippen LogP contribution in [0.5, 0.6) is 0 Å². The molecule has 1 heterocycles. The molecule has 1 saturated heterocycles. The van der Waals surface area contributed by atoms with Gasteiger partial charge >= 0.3 is 0 Å². The molecule has 0 unspecified atom stereocenters. The molecule has 3 N–H and O–H groups in total. The number of aliphatic hydroxyl groups excluding tert-OH is 1. The lowest BCUT2D eigenvalue weighted by molar-refractivity contribution is -0.946. The highest BCUT2D eigenvalue weighted by Crippen LogP contribution is 2.02. The van der Waals surface area contributed by atoms with E-state index in [0.29, 0.717) is 11.1 Å². The van der Waals surface area contributed by atoms with E-state index < -0.39 is 0 Å². The molecular formula is C6H15N2O2+.